The first kappa shape index (κ1) is 33.2. The van der Waals surface area contributed by atoms with Gasteiger partial charge in [-0.15, -0.1) is 0 Å². The predicted octanol–water partition coefficient (Wildman–Crippen LogP) is 5.54. The molecule has 0 spiro atoms. The first-order valence-electron chi connectivity index (χ1n) is 13.5. The number of ketones is 2. The predicted molar refractivity (Wildman–Crippen MR) is 153 cm³/mol. The van der Waals surface area contributed by atoms with E-state index >= 15 is 0 Å². The molecule has 0 saturated carbocycles. The highest BCUT2D eigenvalue weighted by molar-refractivity contribution is 6.74. The zero-order chi connectivity index (χ0) is 29.1. The first-order chi connectivity index (χ1) is 17.3. The fourth-order valence-corrected chi connectivity index (χ4v) is 6.52. The lowest BCUT2D eigenvalue weighted by Crippen LogP contribution is -2.54. The van der Waals surface area contributed by atoms with Crippen LogP contribution in [0.3, 0.4) is 0 Å². The maximum atomic E-state index is 12.9. The molecule has 2 heterocycles. The van der Waals surface area contributed by atoms with Crippen molar-refractivity contribution in [2.24, 2.45) is 0 Å². The second-order valence-corrected chi connectivity index (χ2v) is 22.8. The van der Waals surface area contributed by atoms with Crippen LogP contribution >= 0.6 is 0 Å². The Morgan fingerprint density at radius 3 is 1.29 bits per heavy atom. The lowest BCUT2D eigenvalue weighted by Gasteiger charge is -2.46. The van der Waals surface area contributed by atoms with Gasteiger partial charge in [-0.2, -0.15) is 0 Å². The van der Waals surface area contributed by atoms with Gasteiger partial charge in [0.25, 0.3) is 0 Å². The average Bonchev–Trinajstić information content (AvgIpc) is 2.79. The van der Waals surface area contributed by atoms with Gasteiger partial charge in [0.15, 0.2) is 40.8 Å². The van der Waals surface area contributed by atoms with Crippen molar-refractivity contribution in [2.75, 3.05) is 14.2 Å². The van der Waals surface area contributed by atoms with Gasteiger partial charge in [-0.1, -0.05) is 41.5 Å². The van der Waals surface area contributed by atoms with Gasteiger partial charge >= 0.3 is 0 Å². The zero-order valence-corrected chi connectivity index (χ0v) is 27.5. The van der Waals surface area contributed by atoms with Crippen LogP contribution in [0, 0.1) is 0 Å². The fraction of sp³-hybridized carbons (Fsp3) is 0.786. The molecular formula is C28H50O8Si2. The maximum Gasteiger partial charge on any atom is 0.192 e. The molecule has 0 bridgehead atoms. The van der Waals surface area contributed by atoms with Crippen molar-refractivity contribution in [3.8, 4) is 0 Å². The Bertz CT molecular complexity index is 812. The third kappa shape index (κ3) is 8.51. The Morgan fingerprint density at radius 1 is 0.711 bits per heavy atom. The molecule has 0 aromatic rings. The number of methoxy groups -OCH3 is 2. The summed E-state index contributed by atoms with van der Waals surface area (Å²) in [5, 5.41) is -0.166. The Balaban J connectivity index is 2.52. The van der Waals surface area contributed by atoms with E-state index in [2.05, 4.69) is 67.7 Å². The van der Waals surface area contributed by atoms with Gasteiger partial charge in [0.2, 0.25) is 0 Å². The summed E-state index contributed by atoms with van der Waals surface area (Å²) >= 11 is 0. The molecule has 8 nitrogen and oxygen atoms in total. The van der Waals surface area contributed by atoms with Gasteiger partial charge in [-0.25, -0.2) is 0 Å². The van der Waals surface area contributed by atoms with Crippen LogP contribution in [0.5, 0.6) is 0 Å². The summed E-state index contributed by atoms with van der Waals surface area (Å²) in [6, 6.07) is 0. The minimum atomic E-state index is -2.33. The molecule has 2 rings (SSSR count). The Labute approximate surface area is 231 Å². The highest BCUT2D eigenvalue weighted by atomic mass is 28.4. The van der Waals surface area contributed by atoms with Crippen LogP contribution in [0.2, 0.25) is 36.3 Å². The Hall–Kier alpha value is -0.986. The van der Waals surface area contributed by atoms with E-state index in [4.69, 9.17) is 27.8 Å². The van der Waals surface area contributed by atoms with Crippen molar-refractivity contribution in [3.63, 3.8) is 0 Å². The van der Waals surface area contributed by atoms with Crippen molar-refractivity contribution in [3.05, 3.63) is 24.3 Å². The van der Waals surface area contributed by atoms with E-state index in [0.717, 1.165) is 0 Å². The fourth-order valence-electron chi connectivity index (χ4n) is 3.81. The van der Waals surface area contributed by atoms with E-state index in [1.165, 1.54) is 12.2 Å². The van der Waals surface area contributed by atoms with Gasteiger partial charge in [-0.3, -0.25) is 9.59 Å². The van der Waals surface area contributed by atoms with Crippen LogP contribution in [-0.2, 0) is 37.4 Å². The number of hydrogen-bond donors (Lipinski definition) is 0. The third-order valence-corrected chi connectivity index (χ3v) is 17.4. The molecule has 2 unspecified atom stereocenters. The van der Waals surface area contributed by atoms with Gasteiger partial charge in [0, 0.05) is 27.1 Å². The molecule has 38 heavy (non-hydrogen) atoms. The molecule has 0 aromatic carbocycles. The smallest absolute Gasteiger partial charge is 0.192 e. The van der Waals surface area contributed by atoms with Crippen LogP contribution in [0.1, 0.15) is 54.4 Å². The second kappa shape index (κ2) is 12.7. The third-order valence-electron chi connectivity index (χ3n) is 8.34. The number of carbonyl (C=O) groups is 2. The van der Waals surface area contributed by atoms with E-state index < -0.39 is 53.6 Å². The highest BCUT2D eigenvalue weighted by Gasteiger charge is 2.47. The summed E-state index contributed by atoms with van der Waals surface area (Å²) in [5.41, 5.74) is 0. The lowest BCUT2D eigenvalue weighted by atomic mass is 9.96. The molecule has 2 aliphatic heterocycles. The van der Waals surface area contributed by atoms with Crippen molar-refractivity contribution < 1.29 is 37.4 Å². The van der Waals surface area contributed by atoms with Crippen molar-refractivity contribution in [1.82, 2.24) is 0 Å². The first-order valence-corrected chi connectivity index (χ1v) is 19.3. The van der Waals surface area contributed by atoms with Gasteiger partial charge in [0.1, 0.15) is 12.2 Å². The van der Waals surface area contributed by atoms with E-state index in [-0.39, 0.29) is 34.5 Å². The standard InChI is InChI=1S/C28H50O8Si2/c1-27(2,3)37(9,10)35-23(17-21-19(29)13-15-25(31-7)33-21)24(36-38(11,12)28(4,5)6)18-22-20(30)14-16-26(32-8)34-22/h13-16,21-26H,17-18H2,1-12H3/t21-,22+,23+,24-,25?,26?. The second-order valence-electron chi connectivity index (χ2n) is 13.3. The molecule has 218 valence electrons. The van der Waals surface area contributed by atoms with Gasteiger partial charge < -0.3 is 27.8 Å². The van der Waals surface area contributed by atoms with Crippen molar-refractivity contribution in [2.45, 2.75) is 128 Å². The average molecular weight is 571 g/mol. The van der Waals surface area contributed by atoms with Crippen LogP contribution < -0.4 is 0 Å². The minimum Gasteiger partial charge on any atom is -0.411 e. The summed E-state index contributed by atoms with van der Waals surface area (Å²) in [5.74, 6) is -0.277. The molecule has 0 amide bonds. The van der Waals surface area contributed by atoms with E-state index in [9.17, 15) is 9.59 Å². The highest BCUT2D eigenvalue weighted by Crippen LogP contribution is 2.42. The summed E-state index contributed by atoms with van der Waals surface area (Å²) < 4.78 is 36.6. The summed E-state index contributed by atoms with van der Waals surface area (Å²) in [4.78, 5) is 25.8. The summed E-state index contributed by atoms with van der Waals surface area (Å²) in [7, 11) is -1.58. The maximum absolute atomic E-state index is 12.9. The molecule has 0 aliphatic carbocycles. The molecule has 0 fully saturated rings. The molecule has 6 atom stereocenters. The van der Waals surface area contributed by atoms with Gasteiger partial charge in [-0.05, 0) is 60.6 Å². The molecule has 0 radical (unpaired) electrons. The summed E-state index contributed by atoms with van der Waals surface area (Å²) in [6.07, 6.45) is 3.06. The number of carbonyl (C=O) groups excluding carboxylic acids is 2. The van der Waals surface area contributed by atoms with Crippen molar-refractivity contribution in [1.29, 1.82) is 0 Å². The zero-order valence-electron chi connectivity index (χ0n) is 25.5. The molecule has 10 heteroatoms. The van der Waals surface area contributed by atoms with E-state index in [0.29, 0.717) is 0 Å². The van der Waals surface area contributed by atoms with Crippen molar-refractivity contribution >= 4 is 28.2 Å². The molecule has 0 saturated heterocycles. The summed E-state index contributed by atoms with van der Waals surface area (Å²) in [6.45, 7) is 21.8. The van der Waals surface area contributed by atoms with E-state index in [1.807, 2.05) is 0 Å². The lowest BCUT2D eigenvalue weighted by molar-refractivity contribution is -0.167. The minimum absolute atomic E-state index is 0.0831. The number of rotatable bonds is 11. The quantitative estimate of drug-likeness (QED) is 0.299. The molecule has 2 aliphatic rings. The normalized spacial score (nSPS) is 27.1. The topological polar surface area (TPSA) is 89.5 Å². The Kier molecular flexibility index (Phi) is 11.1. The van der Waals surface area contributed by atoms with Crippen LogP contribution in [0.25, 0.3) is 0 Å². The number of hydrogen-bond acceptors (Lipinski definition) is 8. The number of ether oxygens (including phenoxy) is 4. The molecule has 0 aromatic heterocycles. The van der Waals surface area contributed by atoms with E-state index in [1.54, 1.807) is 26.4 Å². The van der Waals surface area contributed by atoms with Crippen LogP contribution in [0.4, 0.5) is 0 Å². The monoisotopic (exact) mass is 570 g/mol. The van der Waals surface area contributed by atoms with Gasteiger partial charge in [0.05, 0.1) is 12.2 Å². The Morgan fingerprint density at radius 2 is 1.03 bits per heavy atom. The largest absolute Gasteiger partial charge is 0.411 e. The molecule has 0 N–H and O–H groups in total. The van der Waals surface area contributed by atoms with Crippen LogP contribution in [0.15, 0.2) is 24.3 Å². The van der Waals surface area contributed by atoms with Crippen LogP contribution in [-0.4, -0.2) is 79.4 Å². The molecular weight excluding hydrogens is 520 g/mol. The SMILES string of the molecule is COC1C=CC(=O)[C@H](C[C@@H](O[Si](C)(C)C(C)(C)C)[C@H](C[C@H]2OC(OC)C=CC2=O)O[Si](C)(C)C(C)(C)C)O1.